The van der Waals surface area contributed by atoms with Gasteiger partial charge in [0.25, 0.3) is 0 Å². The van der Waals surface area contributed by atoms with E-state index in [0.29, 0.717) is 0 Å². The van der Waals surface area contributed by atoms with E-state index in [0.717, 1.165) is 5.92 Å². The molecule has 1 saturated heterocycles. The molecule has 0 spiro atoms. The van der Waals surface area contributed by atoms with E-state index in [4.69, 9.17) is 0 Å². The molecular formula is C23H30N2. The molecule has 1 aliphatic carbocycles. The highest BCUT2D eigenvalue weighted by Gasteiger charge is 2.16. The van der Waals surface area contributed by atoms with Crippen molar-refractivity contribution in [2.75, 3.05) is 23.3 Å². The molecule has 0 aromatic heterocycles. The zero-order valence-corrected chi connectivity index (χ0v) is 15.2. The van der Waals surface area contributed by atoms with Gasteiger partial charge in [-0.3, -0.25) is 0 Å². The third-order valence-electron chi connectivity index (χ3n) is 5.87. The molecule has 2 fully saturated rings. The van der Waals surface area contributed by atoms with E-state index >= 15 is 0 Å². The van der Waals surface area contributed by atoms with Crippen molar-refractivity contribution in [2.24, 2.45) is 0 Å². The minimum atomic E-state index is 0.781. The topological polar surface area (TPSA) is 15.3 Å². The Bertz CT molecular complexity index is 665. The summed E-state index contributed by atoms with van der Waals surface area (Å²) in [6.45, 7) is 2.36. The fourth-order valence-corrected chi connectivity index (χ4v) is 4.42. The number of piperidine rings is 1. The molecule has 1 N–H and O–H groups in total. The van der Waals surface area contributed by atoms with Crippen LogP contribution in [-0.4, -0.2) is 13.1 Å². The molecule has 1 aliphatic heterocycles. The third kappa shape index (κ3) is 4.00. The number of nitrogens with one attached hydrogen (secondary N) is 1. The Hall–Kier alpha value is -1.96. The largest absolute Gasteiger partial charge is 0.370 e. The molecule has 2 aromatic carbocycles. The summed E-state index contributed by atoms with van der Waals surface area (Å²) in [5.41, 5.74) is 5.30. The molecule has 25 heavy (non-hydrogen) atoms. The highest BCUT2D eigenvalue weighted by atomic mass is 15.1. The molecule has 0 unspecified atom stereocenters. The lowest BCUT2D eigenvalue weighted by Gasteiger charge is -2.30. The van der Waals surface area contributed by atoms with Crippen LogP contribution < -0.4 is 10.2 Å². The van der Waals surface area contributed by atoms with E-state index in [1.54, 1.807) is 0 Å². The summed E-state index contributed by atoms with van der Waals surface area (Å²) in [6.07, 6.45) is 10.9. The van der Waals surface area contributed by atoms with Crippen molar-refractivity contribution in [3.05, 3.63) is 54.1 Å². The monoisotopic (exact) mass is 334 g/mol. The predicted octanol–water partition coefficient (Wildman–Crippen LogP) is 6.47. The first-order chi connectivity index (χ1) is 12.4. The summed E-state index contributed by atoms with van der Waals surface area (Å²) < 4.78 is 0. The van der Waals surface area contributed by atoms with Gasteiger partial charge >= 0.3 is 0 Å². The number of para-hydroxylation sites is 2. The summed E-state index contributed by atoms with van der Waals surface area (Å²) in [7, 11) is 0. The third-order valence-corrected chi connectivity index (χ3v) is 5.87. The van der Waals surface area contributed by atoms with E-state index in [-0.39, 0.29) is 0 Å². The fraction of sp³-hybridized carbons (Fsp3) is 0.478. The molecule has 2 aliphatic rings. The Morgan fingerprint density at radius 1 is 0.720 bits per heavy atom. The predicted molar refractivity (Wildman–Crippen MR) is 108 cm³/mol. The maximum Gasteiger partial charge on any atom is 0.0622 e. The summed E-state index contributed by atoms with van der Waals surface area (Å²) in [5.74, 6) is 0.781. The van der Waals surface area contributed by atoms with Gasteiger partial charge in [0.1, 0.15) is 0 Å². The number of rotatable bonds is 4. The number of nitrogens with zero attached hydrogens (tertiary/aromatic N) is 1. The normalized spacial score (nSPS) is 19.0. The van der Waals surface area contributed by atoms with Crippen LogP contribution in [0.3, 0.4) is 0 Å². The first-order valence-corrected chi connectivity index (χ1v) is 10.1. The van der Waals surface area contributed by atoms with E-state index < -0.39 is 0 Å². The Morgan fingerprint density at radius 2 is 1.40 bits per heavy atom. The van der Waals surface area contributed by atoms with Crippen molar-refractivity contribution >= 4 is 17.1 Å². The second-order valence-electron chi connectivity index (χ2n) is 7.65. The zero-order valence-electron chi connectivity index (χ0n) is 15.2. The number of hydrogen-bond donors (Lipinski definition) is 1. The summed E-state index contributed by atoms with van der Waals surface area (Å²) >= 11 is 0. The Labute approximate surface area is 152 Å². The average molecular weight is 335 g/mol. The summed E-state index contributed by atoms with van der Waals surface area (Å²) in [6, 6.07) is 17.9. The van der Waals surface area contributed by atoms with Gasteiger partial charge in [0.2, 0.25) is 0 Å². The first kappa shape index (κ1) is 16.5. The van der Waals surface area contributed by atoms with Gasteiger partial charge in [0.15, 0.2) is 0 Å². The van der Waals surface area contributed by atoms with Crippen LogP contribution in [0.15, 0.2) is 48.5 Å². The highest BCUT2D eigenvalue weighted by molar-refractivity contribution is 5.75. The molecule has 1 saturated carbocycles. The minimum absolute atomic E-state index is 0.781. The molecule has 0 radical (unpaired) electrons. The summed E-state index contributed by atoms with van der Waals surface area (Å²) in [4.78, 5) is 2.53. The molecule has 132 valence electrons. The smallest absolute Gasteiger partial charge is 0.0622 e. The second-order valence-corrected chi connectivity index (χ2v) is 7.65. The molecule has 2 nitrogen and oxygen atoms in total. The van der Waals surface area contributed by atoms with Gasteiger partial charge in [-0.25, -0.2) is 0 Å². The van der Waals surface area contributed by atoms with E-state index in [2.05, 4.69) is 58.7 Å². The van der Waals surface area contributed by atoms with Crippen molar-refractivity contribution < 1.29 is 0 Å². The molecule has 0 bridgehead atoms. The van der Waals surface area contributed by atoms with Crippen LogP contribution in [0, 0.1) is 0 Å². The summed E-state index contributed by atoms with van der Waals surface area (Å²) in [5, 5.41) is 3.66. The maximum absolute atomic E-state index is 3.66. The fourth-order valence-electron chi connectivity index (χ4n) is 4.42. The van der Waals surface area contributed by atoms with Crippen molar-refractivity contribution in [1.29, 1.82) is 0 Å². The molecule has 0 atom stereocenters. The zero-order chi connectivity index (χ0) is 16.9. The van der Waals surface area contributed by atoms with Crippen molar-refractivity contribution in [1.82, 2.24) is 0 Å². The van der Waals surface area contributed by atoms with Gasteiger partial charge in [0, 0.05) is 18.8 Å². The van der Waals surface area contributed by atoms with E-state index in [1.807, 2.05) is 0 Å². The lowest BCUT2D eigenvalue weighted by molar-refractivity contribution is 0.443. The van der Waals surface area contributed by atoms with E-state index in [1.165, 1.54) is 87.1 Å². The van der Waals surface area contributed by atoms with Crippen LogP contribution in [0.5, 0.6) is 0 Å². The molecule has 1 heterocycles. The number of anilines is 3. The highest BCUT2D eigenvalue weighted by Crippen LogP contribution is 2.34. The van der Waals surface area contributed by atoms with Gasteiger partial charge < -0.3 is 10.2 Å². The Kier molecular flexibility index (Phi) is 5.25. The van der Waals surface area contributed by atoms with E-state index in [9.17, 15) is 0 Å². The molecule has 4 rings (SSSR count). The van der Waals surface area contributed by atoms with Gasteiger partial charge in [0.05, 0.1) is 11.4 Å². The van der Waals surface area contributed by atoms with Gasteiger partial charge in [-0.2, -0.15) is 0 Å². The van der Waals surface area contributed by atoms with Crippen LogP contribution in [-0.2, 0) is 0 Å². The van der Waals surface area contributed by atoms with Gasteiger partial charge in [-0.05, 0) is 67.9 Å². The van der Waals surface area contributed by atoms with Crippen LogP contribution in [0.1, 0.15) is 62.8 Å². The standard InChI is InChI=1S/C23H30N2/c1-3-9-19(10-4-1)20-13-15-21(16-14-20)24-22-11-5-6-12-23(22)25-17-7-2-8-18-25/h5-6,11-16,19,24H,1-4,7-10,17-18H2. The Balaban J connectivity index is 1.48. The van der Waals surface area contributed by atoms with Gasteiger partial charge in [-0.1, -0.05) is 43.5 Å². The van der Waals surface area contributed by atoms with Crippen LogP contribution >= 0.6 is 0 Å². The van der Waals surface area contributed by atoms with Crippen molar-refractivity contribution in [3.8, 4) is 0 Å². The quantitative estimate of drug-likeness (QED) is 0.689. The maximum atomic E-state index is 3.66. The molecule has 0 amide bonds. The van der Waals surface area contributed by atoms with Crippen molar-refractivity contribution in [3.63, 3.8) is 0 Å². The Morgan fingerprint density at radius 3 is 2.16 bits per heavy atom. The SMILES string of the molecule is c1ccc(N2CCCCC2)c(Nc2ccc(C3CCCCC3)cc2)c1. The molecular weight excluding hydrogens is 304 g/mol. The number of benzene rings is 2. The lowest BCUT2D eigenvalue weighted by atomic mass is 9.84. The minimum Gasteiger partial charge on any atom is -0.370 e. The van der Waals surface area contributed by atoms with Crippen LogP contribution in [0.2, 0.25) is 0 Å². The average Bonchev–Trinajstić information content (AvgIpc) is 2.70. The molecule has 2 heteroatoms. The van der Waals surface area contributed by atoms with Gasteiger partial charge in [-0.15, -0.1) is 0 Å². The second kappa shape index (κ2) is 7.95. The number of hydrogen-bond acceptors (Lipinski definition) is 2. The van der Waals surface area contributed by atoms with Crippen LogP contribution in [0.4, 0.5) is 17.1 Å². The van der Waals surface area contributed by atoms with Crippen molar-refractivity contribution in [2.45, 2.75) is 57.3 Å². The first-order valence-electron chi connectivity index (χ1n) is 10.1. The van der Waals surface area contributed by atoms with Crippen LogP contribution in [0.25, 0.3) is 0 Å². The molecule has 2 aromatic rings. The lowest BCUT2D eigenvalue weighted by Crippen LogP contribution is -2.29.